The van der Waals surface area contributed by atoms with Gasteiger partial charge in [0.05, 0.1) is 7.11 Å². The first-order valence-corrected chi connectivity index (χ1v) is 4.47. The molecule has 0 unspecified atom stereocenters. The Bertz CT molecular complexity index is 363. The second-order valence-corrected chi connectivity index (χ2v) is 2.88. The summed E-state index contributed by atoms with van der Waals surface area (Å²) in [5.41, 5.74) is 7.34. The van der Waals surface area contributed by atoms with E-state index in [4.69, 9.17) is 10.5 Å². The van der Waals surface area contributed by atoms with E-state index in [9.17, 15) is 0 Å². The van der Waals surface area contributed by atoms with E-state index in [0.29, 0.717) is 18.8 Å². The van der Waals surface area contributed by atoms with Crippen LogP contribution in [0.2, 0.25) is 0 Å². The first-order chi connectivity index (χ1) is 6.77. The zero-order valence-corrected chi connectivity index (χ0v) is 8.50. The van der Waals surface area contributed by atoms with Crippen molar-refractivity contribution in [3.63, 3.8) is 0 Å². The van der Waals surface area contributed by atoms with E-state index in [1.807, 2.05) is 13.0 Å². The molecule has 1 aromatic heterocycles. The number of methoxy groups -OCH3 is 1. The number of nitrogens with zero attached hydrogens (tertiary/aromatic N) is 1. The lowest BCUT2D eigenvalue weighted by Gasteiger charge is -2.01. The molecule has 0 fully saturated rings. The molecule has 1 heterocycles. The van der Waals surface area contributed by atoms with Gasteiger partial charge in [0.15, 0.2) is 0 Å². The lowest BCUT2D eigenvalue weighted by atomic mass is 10.1. The molecule has 1 aromatic rings. The smallest absolute Gasteiger partial charge is 0.213 e. The van der Waals surface area contributed by atoms with Crippen molar-refractivity contribution in [2.45, 2.75) is 13.3 Å². The second-order valence-electron chi connectivity index (χ2n) is 2.88. The van der Waals surface area contributed by atoms with Crippen LogP contribution in [0.15, 0.2) is 12.3 Å². The molecular formula is C11H14N2O. The number of hydrogen-bond donors (Lipinski definition) is 1. The normalized spacial score (nSPS) is 9.07. The number of aromatic nitrogens is 1. The van der Waals surface area contributed by atoms with Gasteiger partial charge in [0.2, 0.25) is 5.88 Å². The molecular weight excluding hydrogens is 176 g/mol. The first kappa shape index (κ1) is 10.6. The summed E-state index contributed by atoms with van der Waals surface area (Å²) in [6.07, 6.45) is 2.43. The van der Waals surface area contributed by atoms with Crippen LogP contribution >= 0.6 is 0 Å². The second kappa shape index (κ2) is 5.25. The third-order valence-corrected chi connectivity index (χ3v) is 1.79. The van der Waals surface area contributed by atoms with Crippen LogP contribution in [0.5, 0.6) is 5.88 Å². The molecule has 0 saturated heterocycles. The van der Waals surface area contributed by atoms with Crippen LogP contribution in [0.1, 0.15) is 17.5 Å². The highest BCUT2D eigenvalue weighted by Gasteiger charge is 1.97. The highest BCUT2D eigenvalue weighted by atomic mass is 16.5. The Kier molecular flexibility index (Phi) is 3.96. The maximum absolute atomic E-state index is 5.34. The number of aryl methyl sites for hydroxylation is 1. The van der Waals surface area contributed by atoms with E-state index in [-0.39, 0.29) is 0 Å². The van der Waals surface area contributed by atoms with Gasteiger partial charge in [-0.25, -0.2) is 4.98 Å². The highest BCUT2D eigenvalue weighted by Crippen LogP contribution is 2.11. The van der Waals surface area contributed by atoms with Crippen molar-refractivity contribution in [1.29, 1.82) is 0 Å². The average Bonchev–Trinajstić information content (AvgIpc) is 2.20. The molecule has 74 valence electrons. The van der Waals surface area contributed by atoms with Crippen LogP contribution in [-0.4, -0.2) is 18.6 Å². The van der Waals surface area contributed by atoms with Crippen LogP contribution in [0.3, 0.4) is 0 Å². The van der Waals surface area contributed by atoms with Crippen molar-refractivity contribution in [2.75, 3.05) is 13.7 Å². The Morgan fingerprint density at radius 2 is 2.36 bits per heavy atom. The molecule has 0 aliphatic carbocycles. The Morgan fingerprint density at radius 1 is 1.57 bits per heavy atom. The maximum Gasteiger partial charge on any atom is 0.213 e. The predicted molar refractivity (Wildman–Crippen MR) is 56.1 cm³/mol. The minimum Gasteiger partial charge on any atom is -0.481 e. The summed E-state index contributed by atoms with van der Waals surface area (Å²) in [7, 11) is 1.60. The number of pyridine rings is 1. The molecule has 0 bridgehead atoms. The molecule has 0 amide bonds. The van der Waals surface area contributed by atoms with Gasteiger partial charge >= 0.3 is 0 Å². The summed E-state index contributed by atoms with van der Waals surface area (Å²) < 4.78 is 5.00. The van der Waals surface area contributed by atoms with Crippen LogP contribution in [0, 0.1) is 18.8 Å². The summed E-state index contributed by atoms with van der Waals surface area (Å²) in [5, 5.41) is 0. The van der Waals surface area contributed by atoms with E-state index in [0.717, 1.165) is 11.1 Å². The van der Waals surface area contributed by atoms with Crippen molar-refractivity contribution in [3.8, 4) is 17.7 Å². The van der Waals surface area contributed by atoms with Gasteiger partial charge in [0.25, 0.3) is 0 Å². The minimum absolute atomic E-state index is 0.593. The lowest BCUT2D eigenvalue weighted by molar-refractivity contribution is 0.397. The lowest BCUT2D eigenvalue weighted by Crippen LogP contribution is -1.95. The molecule has 0 spiro atoms. The average molecular weight is 190 g/mol. The van der Waals surface area contributed by atoms with Crippen LogP contribution in [0.25, 0.3) is 0 Å². The van der Waals surface area contributed by atoms with Gasteiger partial charge in [-0.05, 0) is 12.5 Å². The SMILES string of the molecule is COc1cc(C)c(C#CCCN)cn1. The summed E-state index contributed by atoms with van der Waals surface area (Å²) in [6, 6.07) is 1.87. The molecule has 0 aliphatic rings. The van der Waals surface area contributed by atoms with Crippen molar-refractivity contribution in [3.05, 3.63) is 23.4 Å². The Morgan fingerprint density at radius 3 is 2.93 bits per heavy atom. The van der Waals surface area contributed by atoms with Crippen molar-refractivity contribution >= 4 is 0 Å². The largest absolute Gasteiger partial charge is 0.481 e. The standard InChI is InChI=1S/C11H14N2O/c1-9-7-11(14-2)13-8-10(9)5-3-4-6-12/h7-8H,4,6,12H2,1-2H3. The molecule has 0 atom stereocenters. The molecule has 14 heavy (non-hydrogen) atoms. The highest BCUT2D eigenvalue weighted by molar-refractivity contribution is 5.40. The molecule has 0 aromatic carbocycles. The van der Waals surface area contributed by atoms with Crippen molar-refractivity contribution < 1.29 is 4.74 Å². The zero-order valence-electron chi connectivity index (χ0n) is 8.50. The van der Waals surface area contributed by atoms with Crippen LogP contribution in [-0.2, 0) is 0 Å². The van der Waals surface area contributed by atoms with E-state index in [1.54, 1.807) is 13.3 Å². The van der Waals surface area contributed by atoms with Gasteiger partial charge in [-0.3, -0.25) is 0 Å². The molecule has 3 nitrogen and oxygen atoms in total. The Balaban J connectivity index is 2.85. The van der Waals surface area contributed by atoms with E-state index in [2.05, 4.69) is 16.8 Å². The quantitative estimate of drug-likeness (QED) is 0.710. The van der Waals surface area contributed by atoms with E-state index >= 15 is 0 Å². The monoisotopic (exact) mass is 190 g/mol. The molecule has 3 heteroatoms. The van der Waals surface area contributed by atoms with Crippen molar-refractivity contribution in [2.24, 2.45) is 5.73 Å². The fourth-order valence-corrected chi connectivity index (χ4v) is 1.00. The maximum atomic E-state index is 5.34. The number of rotatable bonds is 2. The summed E-state index contributed by atoms with van der Waals surface area (Å²) in [4.78, 5) is 4.08. The molecule has 0 saturated carbocycles. The summed E-state index contributed by atoms with van der Waals surface area (Å²) >= 11 is 0. The van der Waals surface area contributed by atoms with Crippen LogP contribution in [0.4, 0.5) is 0 Å². The summed E-state index contributed by atoms with van der Waals surface area (Å²) in [6.45, 7) is 2.58. The number of nitrogens with two attached hydrogens (primary N) is 1. The van der Waals surface area contributed by atoms with Crippen molar-refractivity contribution in [1.82, 2.24) is 4.98 Å². The fraction of sp³-hybridized carbons (Fsp3) is 0.364. The minimum atomic E-state index is 0.593. The van der Waals surface area contributed by atoms with E-state index in [1.165, 1.54) is 0 Å². The molecule has 2 N–H and O–H groups in total. The van der Waals surface area contributed by atoms with Gasteiger partial charge < -0.3 is 10.5 Å². The third kappa shape index (κ3) is 2.75. The van der Waals surface area contributed by atoms with Gasteiger partial charge in [-0.15, -0.1) is 0 Å². The third-order valence-electron chi connectivity index (χ3n) is 1.79. The van der Waals surface area contributed by atoms with Gasteiger partial charge in [-0.2, -0.15) is 0 Å². The Labute approximate surface area is 84.3 Å². The number of hydrogen-bond acceptors (Lipinski definition) is 3. The van der Waals surface area contributed by atoms with Gasteiger partial charge in [0, 0.05) is 30.8 Å². The number of ether oxygens (including phenoxy) is 1. The molecule has 0 aliphatic heterocycles. The van der Waals surface area contributed by atoms with Gasteiger partial charge in [-0.1, -0.05) is 11.8 Å². The fourth-order valence-electron chi connectivity index (χ4n) is 1.00. The first-order valence-electron chi connectivity index (χ1n) is 4.47. The van der Waals surface area contributed by atoms with Crippen LogP contribution < -0.4 is 10.5 Å². The van der Waals surface area contributed by atoms with Gasteiger partial charge in [0.1, 0.15) is 0 Å². The summed E-state index contributed by atoms with van der Waals surface area (Å²) in [5.74, 6) is 6.61. The topological polar surface area (TPSA) is 48.1 Å². The zero-order chi connectivity index (χ0) is 10.4. The Hall–Kier alpha value is -1.53. The predicted octanol–water partition coefficient (Wildman–Crippen LogP) is 1.10. The molecule has 0 radical (unpaired) electrons. The van der Waals surface area contributed by atoms with E-state index < -0.39 is 0 Å². The molecule has 1 rings (SSSR count).